The summed E-state index contributed by atoms with van der Waals surface area (Å²) in [6, 6.07) is 20.7. The normalized spacial score (nSPS) is 12.8. The predicted molar refractivity (Wildman–Crippen MR) is 161 cm³/mol. The van der Waals surface area contributed by atoms with Crippen molar-refractivity contribution in [3.8, 4) is 0 Å². The van der Waals surface area contributed by atoms with Gasteiger partial charge in [-0.3, -0.25) is 13.9 Å². The summed E-state index contributed by atoms with van der Waals surface area (Å²) < 4.78 is 29.3. The molecule has 1 N–H and O–H groups in total. The number of carbonyl (C=O) groups excluding carboxylic acids is 2. The fourth-order valence-electron chi connectivity index (χ4n) is 4.46. The highest BCUT2D eigenvalue weighted by Crippen LogP contribution is 2.28. The van der Waals surface area contributed by atoms with Crippen LogP contribution in [0.5, 0.6) is 0 Å². The first-order valence-corrected chi connectivity index (χ1v) is 15.2. The minimum absolute atomic E-state index is 0.0549. The van der Waals surface area contributed by atoms with Crippen LogP contribution in [0.15, 0.2) is 77.7 Å². The van der Waals surface area contributed by atoms with Crippen LogP contribution in [0.2, 0.25) is 0 Å². The zero-order chi connectivity index (χ0) is 29.4. The molecule has 3 aromatic rings. The SMILES string of the molecule is CCc1ccccc1N(CC(=O)N(Cc1cccc(C)c1)[C@@H](C)C(=O)N[C@@H](C)CC)S(=O)(=O)c1ccc(C)cc1. The third kappa shape index (κ3) is 7.50. The molecular weight excluding hydrogens is 522 g/mol. The average molecular weight is 564 g/mol. The second-order valence-electron chi connectivity index (χ2n) is 10.3. The van der Waals surface area contributed by atoms with Crippen molar-refractivity contribution in [3.63, 3.8) is 0 Å². The lowest BCUT2D eigenvalue weighted by atomic mass is 10.1. The second-order valence-corrected chi connectivity index (χ2v) is 12.2. The van der Waals surface area contributed by atoms with Crippen molar-refractivity contribution >= 4 is 27.5 Å². The molecule has 0 aliphatic heterocycles. The molecule has 8 heteroatoms. The van der Waals surface area contributed by atoms with E-state index in [2.05, 4.69) is 5.32 Å². The zero-order valence-corrected chi connectivity index (χ0v) is 25.2. The van der Waals surface area contributed by atoms with Crippen molar-refractivity contribution in [2.24, 2.45) is 0 Å². The molecule has 0 fully saturated rings. The van der Waals surface area contributed by atoms with E-state index < -0.39 is 28.5 Å². The highest BCUT2D eigenvalue weighted by molar-refractivity contribution is 7.92. The fourth-order valence-corrected chi connectivity index (χ4v) is 5.91. The van der Waals surface area contributed by atoms with E-state index in [4.69, 9.17) is 0 Å². The molecule has 0 radical (unpaired) electrons. The van der Waals surface area contributed by atoms with E-state index in [-0.39, 0.29) is 23.4 Å². The number of nitrogens with one attached hydrogen (secondary N) is 1. The molecule has 0 aliphatic rings. The summed E-state index contributed by atoms with van der Waals surface area (Å²) in [4.78, 5) is 28.8. The smallest absolute Gasteiger partial charge is 0.264 e. The molecular formula is C32H41N3O4S. The summed E-state index contributed by atoms with van der Waals surface area (Å²) in [5.74, 6) is -0.743. The summed E-state index contributed by atoms with van der Waals surface area (Å²) in [5.41, 5.74) is 4.08. The number of anilines is 1. The summed E-state index contributed by atoms with van der Waals surface area (Å²) >= 11 is 0. The van der Waals surface area contributed by atoms with Crippen LogP contribution in [0.1, 0.15) is 56.4 Å². The molecule has 0 bridgehead atoms. The minimum atomic E-state index is -4.10. The lowest BCUT2D eigenvalue weighted by molar-refractivity contribution is -0.139. The predicted octanol–water partition coefficient (Wildman–Crippen LogP) is 5.39. The van der Waals surface area contributed by atoms with Gasteiger partial charge >= 0.3 is 0 Å². The van der Waals surface area contributed by atoms with Crippen molar-refractivity contribution in [1.29, 1.82) is 0 Å². The quantitative estimate of drug-likeness (QED) is 0.320. The number of para-hydroxylation sites is 1. The summed E-state index contributed by atoms with van der Waals surface area (Å²) in [5, 5.41) is 2.96. The Bertz CT molecular complexity index is 1420. The molecule has 40 heavy (non-hydrogen) atoms. The van der Waals surface area contributed by atoms with Crippen molar-refractivity contribution in [2.75, 3.05) is 10.8 Å². The maximum atomic E-state index is 14.1. The maximum Gasteiger partial charge on any atom is 0.264 e. The van der Waals surface area contributed by atoms with E-state index in [1.807, 2.05) is 71.0 Å². The number of hydrogen-bond donors (Lipinski definition) is 1. The number of amides is 2. The molecule has 0 saturated carbocycles. The zero-order valence-electron chi connectivity index (χ0n) is 24.3. The van der Waals surface area contributed by atoms with Gasteiger partial charge in [0.25, 0.3) is 10.0 Å². The number of nitrogens with zero attached hydrogens (tertiary/aromatic N) is 2. The number of benzene rings is 3. The van der Waals surface area contributed by atoms with Crippen molar-refractivity contribution in [3.05, 3.63) is 95.1 Å². The molecule has 0 spiro atoms. The van der Waals surface area contributed by atoms with Gasteiger partial charge in [0.05, 0.1) is 10.6 Å². The summed E-state index contributed by atoms with van der Waals surface area (Å²) in [7, 11) is -4.10. The van der Waals surface area contributed by atoms with E-state index in [0.29, 0.717) is 12.1 Å². The van der Waals surface area contributed by atoms with Crippen LogP contribution in [-0.2, 0) is 32.6 Å². The Morgan fingerprint density at radius 1 is 0.875 bits per heavy atom. The first-order valence-electron chi connectivity index (χ1n) is 13.8. The summed E-state index contributed by atoms with van der Waals surface area (Å²) in [6.45, 7) is 11.1. The van der Waals surface area contributed by atoms with Crippen LogP contribution in [0.25, 0.3) is 0 Å². The van der Waals surface area contributed by atoms with Gasteiger partial charge in [-0.25, -0.2) is 8.42 Å². The van der Waals surface area contributed by atoms with Gasteiger partial charge < -0.3 is 10.2 Å². The minimum Gasteiger partial charge on any atom is -0.352 e. The van der Waals surface area contributed by atoms with Crippen molar-refractivity contribution < 1.29 is 18.0 Å². The third-order valence-corrected chi connectivity index (χ3v) is 8.91. The Labute approximate surface area is 239 Å². The van der Waals surface area contributed by atoms with Gasteiger partial charge in [-0.2, -0.15) is 0 Å². The lowest BCUT2D eigenvalue weighted by Crippen LogP contribution is -2.52. The molecule has 0 heterocycles. The lowest BCUT2D eigenvalue weighted by Gasteiger charge is -2.33. The molecule has 214 valence electrons. The van der Waals surface area contributed by atoms with Crippen LogP contribution < -0.4 is 9.62 Å². The molecule has 3 aromatic carbocycles. The molecule has 2 atom stereocenters. The monoisotopic (exact) mass is 563 g/mol. The Hall–Kier alpha value is -3.65. The van der Waals surface area contributed by atoms with E-state index in [1.165, 1.54) is 9.21 Å². The van der Waals surface area contributed by atoms with E-state index >= 15 is 0 Å². The Morgan fingerprint density at radius 3 is 2.17 bits per heavy atom. The molecule has 0 unspecified atom stereocenters. The van der Waals surface area contributed by atoms with Crippen LogP contribution in [0.3, 0.4) is 0 Å². The molecule has 7 nitrogen and oxygen atoms in total. The first-order chi connectivity index (χ1) is 19.0. The van der Waals surface area contributed by atoms with Gasteiger partial charge in [0.15, 0.2) is 0 Å². The topological polar surface area (TPSA) is 86.8 Å². The van der Waals surface area contributed by atoms with Gasteiger partial charge in [-0.1, -0.05) is 79.6 Å². The fraction of sp³-hybridized carbons (Fsp3) is 0.375. The van der Waals surface area contributed by atoms with Crippen molar-refractivity contribution in [1.82, 2.24) is 10.2 Å². The number of sulfonamides is 1. The highest BCUT2D eigenvalue weighted by Gasteiger charge is 2.33. The van der Waals surface area contributed by atoms with Crippen LogP contribution in [0.4, 0.5) is 5.69 Å². The van der Waals surface area contributed by atoms with Gasteiger partial charge in [0, 0.05) is 12.6 Å². The molecule has 0 aromatic heterocycles. The van der Waals surface area contributed by atoms with Crippen LogP contribution in [-0.4, -0.2) is 43.8 Å². The highest BCUT2D eigenvalue weighted by atomic mass is 32.2. The Kier molecular flexibility index (Phi) is 10.5. The van der Waals surface area contributed by atoms with Gasteiger partial charge in [-0.15, -0.1) is 0 Å². The number of aryl methyl sites for hydroxylation is 3. The van der Waals surface area contributed by atoms with Gasteiger partial charge in [-0.05, 0) is 69.9 Å². The Morgan fingerprint density at radius 2 is 1.55 bits per heavy atom. The standard InChI is InChI=1S/C32H41N3O4S/c1-7-25(5)33-32(37)26(6)34(21-27-13-11-12-24(4)20-27)31(36)22-35(30-15-10-9-14-28(30)8-2)40(38,39)29-18-16-23(3)17-19-29/h9-20,25-26H,7-8,21-22H2,1-6H3,(H,33,37)/t25-,26-/m0/s1. The second kappa shape index (κ2) is 13.6. The van der Waals surface area contributed by atoms with E-state index in [0.717, 1.165) is 28.7 Å². The third-order valence-electron chi connectivity index (χ3n) is 7.13. The summed E-state index contributed by atoms with van der Waals surface area (Å²) in [6.07, 6.45) is 1.34. The van der Waals surface area contributed by atoms with E-state index in [1.54, 1.807) is 43.3 Å². The largest absolute Gasteiger partial charge is 0.352 e. The average Bonchev–Trinajstić information content (AvgIpc) is 2.94. The molecule has 0 saturated heterocycles. The molecule has 0 aliphatic carbocycles. The number of hydrogen-bond acceptors (Lipinski definition) is 4. The van der Waals surface area contributed by atoms with Crippen LogP contribution in [0, 0.1) is 13.8 Å². The van der Waals surface area contributed by atoms with Gasteiger partial charge in [0.1, 0.15) is 12.6 Å². The van der Waals surface area contributed by atoms with Gasteiger partial charge in [0.2, 0.25) is 11.8 Å². The number of rotatable bonds is 12. The molecule has 3 rings (SSSR count). The van der Waals surface area contributed by atoms with E-state index in [9.17, 15) is 18.0 Å². The van der Waals surface area contributed by atoms with Crippen molar-refractivity contribution in [2.45, 2.75) is 77.9 Å². The number of carbonyl (C=O) groups is 2. The first kappa shape index (κ1) is 30.9. The molecule has 2 amide bonds. The van der Waals surface area contributed by atoms with Crippen LogP contribution >= 0.6 is 0 Å². The Balaban J connectivity index is 2.06. The maximum absolute atomic E-state index is 14.1.